The molecule has 0 N–H and O–H groups in total. The maximum atomic E-state index is 9.72. The summed E-state index contributed by atoms with van der Waals surface area (Å²) in [6.07, 6.45) is 0. The Kier molecular flexibility index (Phi) is 5.69. The van der Waals surface area contributed by atoms with Gasteiger partial charge in [-0.25, -0.2) is 4.98 Å². The van der Waals surface area contributed by atoms with Crippen LogP contribution < -0.4 is 9.64 Å². The van der Waals surface area contributed by atoms with E-state index < -0.39 is 0 Å². The topological polar surface area (TPSA) is 58.4 Å². The van der Waals surface area contributed by atoms with Gasteiger partial charge in [-0.2, -0.15) is 5.26 Å². The van der Waals surface area contributed by atoms with Crippen molar-refractivity contribution < 1.29 is 9.47 Å². The zero-order valence-electron chi connectivity index (χ0n) is 17.7. The quantitative estimate of drug-likeness (QED) is 0.444. The van der Waals surface area contributed by atoms with E-state index in [0.717, 1.165) is 52.3 Å². The van der Waals surface area contributed by atoms with Crippen molar-refractivity contribution in [2.45, 2.75) is 6.61 Å². The Morgan fingerprint density at radius 3 is 2.53 bits per heavy atom. The van der Waals surface area contributed by atoms with Gasteiger partial charge in [0, 0.05) is 29.7 Å². The summed E-state index contributed by atoms with van der Waals surface area (Å²) in [6, 6.07) is 28.3. The summed E-state index contributed by atoms with van der Waals surface area (Å²) >= 11 is 0. The number of ether oxygens (including phenoxy) is 2. The molecule has 5 heteroatoms. The van der Waals surface area contributed by atoms with Crippen molar-refractivity contribution in [3.05, 3.63) is 90.1 Å². The number of nitrogens with zero attached hydrogens (tertiary/aromatic N) is 3. The Morgan fingerprint density at radius 2 is 1.72 bits per heavy atom. The molecule has 3 aromatic carbocycles. The van der Waals surface area contributed by atoms with Crippen molar-refractivity contribution >= 4 is 16.6 Å². The molecule has 0 atom stereocenters. The van der Waals surface area contributed by atoms with E-state index in [2.05, 4.69) is 34.2 Å². The van der Waals surface area contributed by atoms with E-state index in [9.17, 15) is 5.26 Å². The third-order valence-corrected chi connectivity index (χ3v) is 5.70. The highest BCUT2D eigenvalue weighted by Gasteiger charge is 2.18. The first-order chi connectivity index (χ1) is 15.8. The fourth-order valence-corrected chi connectivity index (χ4v) is 4.07. The molecule has 1 aliphatic rings. The van der Waals surface area contributed by atoms with E-state index in [1.54, 1.807) is 0 Å². The molecule has 1 saturated heterocycles. The molecule has 2 heterocycles. The van der Waals surface area contributed by atoms with E-state index in [4.69, 9.17) is 9.47 Å². The molecular formula is C27H23N3O2. The van der Waals surface area contributed by atoms with Crippen LogP contribution in [0.4, 0.5) is 5.69 Å². The van der Waals surface area contributed by atoms with Crippen molar-refractivity contribution in [2.75, 3.05) is 31.2 Å². The highest BCUT2D eigenvalue weighted by atomic mass is 16.5. The summed E-state index contributed by atoms with van der Waals surface area (Å²) < 4.78 is 11.5. The number of rotatable bonds is 5. The van der Waals surface area contributed by atoms with Crippen LogP contribution in [0, 0.1) is 11.3 Å². The molecule has 32 heavy (non-hydrogen) atoms. The lowest BCUT2D eigenvalue weighted by molar-refractivity contribution is 0.123. The van der Waals surface area contributed by atoms with E-state index >= 15 is 0 Å². The summed E-state index contributed by atoms with van der Waals surface area (Å²) in [6.45, 7) is 3.44. The van der Waals surface area contributed by atoms with Crippen LogP contribution in [0.2, 0.25) is 0 Å². The van der Waals surface area contributed by atoms with Crippen LogP contribution >= 0.6 is 0 Å². The van der Waals surface area contributed by atoms with Crippen LogP contribution in [0.25, 0.3) is 22.0 Å². The highest BCUT2D eigenvalue weighted by Crippen LogP contribution is 2.35. The van der Waals surface area contributed by atoms with Gasteiger partial charge in [0.25, 0.3) is 0 Å². The molecule has 0 aliphatic carbocycles. The first kappa shape index (κ1) is 20.0. The van der Waals surface area contributed by atoms with Crippen LogP contribution in [0.3, 0.4) is 0 Å². The number of nitriles is 1. The molecule has 1 aromatic heterocycles. The average molecular weight is 422 g/mol. The maximum Gasteiger partial charge on any atom is 0.130 e. The SMILES string of the molecule is N#Cc1cccc(N2CCOCC2)c1-c1ccc(OCc2ccc3ccccc3n2)cc1. The van der Waals surface area contributed by atoms with Crippen LogP contribution in [-0.2, 0) is 11.3 Å². The highest BCUT2D eigenvalue weighted by molar-refractivity contribution is 5.84. The average Bonchev–Trinajstić information content (AvgIpc) is 2.87. The molecule has 5 rings (SSSR count). The van der Waals surface area contributed by atoms with Crippen molar-refractivity contribution in [3.8, 4) is 22.9 Å². The standard InChI is InChI=1S/C27H23N3O2/c28-18-22-5-3-7-26(30-14-16-31-17-15-30)27(22)21-9-12-24(13-10-21)32-19-23-11-8-20-4-1-2-6-25(20)29-23/h1-13H,14-17,19H2. The molecule has 0 radical (unpaired) electrons. The van der Waals surface area contributed by atoms with Crippen molar-refractivity contribution in [2.24, 2.45) is 0 Å². The Morgan fingerprint density at radius 1 is 0.906 bits per heavy atom. The Hall–Kier alpha value is -3.88. The lowest BCUT2D eigenvalue weighted by atomic mass is 9.97. The third kappa shape index (κ3) is 4.14. The summed E-state index contributed by atoms with van der Waals surface area (Å²) in [4.78, 5) is 6.95. The first-order valence-electron chi connectivity index (χ1n) is 10.8. The molecule has 1 fully saturated rings. The van der Waals surface area contributed by atoms with Crippen LogP contribution in [0.15, 0.2) is 78.9 Å². The van der Waals surface area contributed by atoms with Crippen LogP contribution in [0.5, 0.6) is 5.75 Å². The van der Waals surface area contributed by atoms with Gasteiger partial charge in [0.1, 0.15) is 12.4 Å². The predicted molar refractivity (Wildman–Crippen MR) is 126 cm³/mol. The first-order valence-corrected chi connectivity index (χ1v) is 10.8. The van der Waals surface area contributed by atoms with Crippen molar-refractivity contribution in [1.82, 2.24) is 4.98 Å². The van der Waals surface area contributed by atoms with Crippen LogP contribution in [-0.4, -0.2) is 31.3 Å². The van der Waals surface area contributed by atoms with Gasteiger partial charge < -0.3 is 14.4 Å². The zero-order valence-corrected chi connectivity index (χ0v) is 17.7. The van der Waals surface area contributed by atoms with E-state index in [-0.39, 0.29) is 0 Å². The molecule has 1 aliphatic heterocycles. The van der Waals surface area contributed by atoms with Gasteiger partial charge >= 0.3 is 0 Å². The minimum absolute atomic E-state index is 0.401. The summed E-state index contributed by atoms with van der Waals surface area (Å²) in [7, 11) is 0. The number of morpholine rings is 1. The second kappa shape index (κ2) is 9.09. The van der Waals surface area contributed by atoms with Gasteiger partial charge in [0.15, 0.2) is 0 Å². The van der Waals surface area contributed by atoms with Gasteiger partial charge in [-0.3, -0.25) is 0 Å². The summed E-state index contributed by atoms with van der Waals surface area (Å²) in [5, 5.41) is 10.8. The number of pyridine rings is 1. The van der Waals surface area contributed by atoms with E-state index in [1.165, 1.54) is 0 Å². The van der Waals surface area contributed by atoms with Crippen LogP contribution in [0.1, 0.15) is 11.3 Å². The molecule has 0 saturated carbocycles. The second-order valence-corrected chi connectivity index (χ2v) is 7.72. The molecular weight excluding hydrogens is 398 g/mol. The minimum atomic E-state index is 0.401. The van der Waals surface area contributed by atoms with Gasteiger partial charge in [-0.05, 0) is 42.0 Å². The molecule has 4 aromatic rings. The van der Waals surface area contributed by atoms with Gasteiger partial charge in [0.2, 0.25) is 0 Å². The number of aromatic nitrogens is 1. The molecule has 5 nitrogen and oxygen atoms in total. The fraction of sp³-hybridized carbons (Fsp3) is 0.185. The Labute approximate surface area is 187 Å². The molecule has 158 valence electrons. The van der Waals surface area contributed by atoms with Crippen molar-refractivity contribution in [3.63, 3.8) is 0 Å². The molecule has 0 spiro atoms. The third-order valence-electron chi connectivity index (χ3n) is 5.70. The largest absolute Gasteiger partial charge is 0.487 e. The minimum Gasteiger partial charge on any atom is -0.487 e. The Balaban J connectivity index is 1.37. The van der Waals surface area contributed by atoms with E-state index in [0.29, 0.717) is 25.4 Å². The van der Waals surface area contributed by atoms with Crippen molar-refractivity contribution in [1.29, 1.82) is 5.26 Å². The van der Waals surface area contributed by atoms with Gasteiger partial charge in [-0.1, -0.05) is 42.5 Å². The number of hydrogen-bond acceptors (Lipinski definition) is 5. The number of anilines is 1. The van der Waals surface area contributed by atoms with Gasteiger partial charge in [-0.15, -0.1) is 0 Å². The smallest absolute Gasteiger partial charge is 0.130 e. The number of para-hydroxylation sites is 1. The molecule has 0 unspecified atom stereocenters. The molecule has 0 amide bonds. The maximum absolute atomic E-state index is 9.72. The fourth-order valence-electron chi connectivity index (χ4n) is 4.07. The monoisotopic (exact) mass is 421 g/mol. The lowest BCUT2D eigenvalue weighted by Crippen LogP contribution is -2.36. The second-order valence-electron chi connectivity index (χ2n) is 7.72. The molecule has 0 bridgehead atoms. The number of benzene rings is 3. The summed E-state index contributed by atoms with van der Waals surface area (Å²) in [5.74, 6) is 0.770. The summed E-state index contributed by atoms with van der Waals surface area (Å²) in [5.41, 5.74) is 5.55. The van der Waals surface area contributed by atoms with Gasteiger partial charge in [0.05, 0.1) is 36.1 Å². The van der Waals surface area contributed by atoms with E-state index in [1.807, 2.05) is 60.7 Å². The lowest BCUT2D eigenvalue weighted by Gasteiger charge is -2.31. The Bertz CT molecular complexity index is 1270. The number of hydrogen-bond donors (Lipinski definition) is 0. The zero-order chi connectivity index (χ0) is 21.8. The number of fused-ring (bicyclic) bond motifs is 1. The normalized spacial score (nSPS) is 13.7. The predicted octanol–water partition coefficient (Wildman–Crippen LogP) is 5.19.